The van der Waals surface area contributed by atoms with Crippen LogP contribution in [0.15, 0.2) is 28.7 Å². The van der Waals surface area contributed by atoms with Crippen LogP contribution in [0, 0.1) is 0 Å². The number of hydrogen-bond acceptors (Lipinski definition) is 2. The molecule has 98 valence electrons. The Bertz CT molecular complexity index is 414. The zero-order chi connectivity index (χ0) is 13.0. The summed E-state index contributed by atoms with van der Waals surface area (Å²) in [6.07, 6.45) is 3.26. The van der Waals surface area contributed by atoms with E-state index in [1.54, 1.807) is 0 Å². The van der Waals surface area contributed by atoms with Gasteiger partial charge in [0.1, 0.15) is 0 Å². The second-order valence-corrected chi connectivity index (χ2v) is 5.68. The van der Waals surface area contributed by atoms with Gasteiger partial charge in [0.25, 0.3) is 5.91 Å². The van der Waals surface area contributed by atoms with Gasteiger partial charge in [-0.2, -0.15) is 0 Å². The van der Waals surface area contributed by atoms with Crippen LogP contribution in [0.3, 0.4) is 0 Å². The topological polar surface area (TPSA) is 32.3 Å². The molecule has 18 heavy (non-hydrogen) atoms. The van der Waals surface area contributed by atoms with Crippen LogP contribution in [0.25, 0.3) is 0 Å². The Labute approximate surface area is 117 Å². The average molecular weight is 311 g/mol. The van der Waals surface area contributed by atoms with Crippen LogP contribution in [0.2, 0.25) is 0 Å². The molecule has 2 rings (SSSR count). The number of amides is 1. The Kier molecular flexibility index (Phi) is 4.78. The van der Waals surface area contributed by atoms with Gasteiger partial charge in [0.05, 0.1) is 0 Å². The van der Waals surface area contributed by atoms with Crippen LogP contribution in [0.5, 0.6) is 0 Å². The summed E-state index contributed by atoms with van der Waals surface area (Å²) in [7, 11) is 1.92. The highest BCUT2D eigenvalue weighted by Crippen LogP contribution is 2.17. The normalized spacial score (nSPS) is 20.2. The molecule has 1 aromatic rings. The highest BCUT2D eigenvalue weighted by atomic mass is 79.9. The summed E-state index contributed by atoms with van der Waals surface area (Å²) in [6, 6.07) is 7.95. The Morgan fingerprint density at radius 2 is 2.22 bits per heavy atom. The molecule has 4 heteroatoms. The van der Waals surface area contributed by atoms with Crippen molar-refractivity contribution in [3.05, 3.63) is 34.3 Å². The second-order valence-electron chi connectivity index (χ2n) is 4.76. The van der Waals surface area contributed by atoms with Crippen LogP contribution < -0.4 is 5.32 Å². The average Bonchev–Trinajstić information content (AvgIpc) is 2.66. The third-order valence-corrected chi connectivity index (χ3v) is 3.98. The molecule has 0 saturated carbocycles. The molecule has 1 aromatic carbocycles. The molecule has 0 spiro atoms. The van der Waals surface area contributed by atoms with Gasteiger partial charge in [-0.15, -0.1) is 0 Å². The third kappa shape index (κ3) is 3.33. The van der Waals surface area contributed by atoms with Gasteiger partial charge in [-0.25, -0.2) is 0 Å². The summed E-state index contributed by atoms with van der Waals surface area (Å²) < 4.78 is 0.948. The Morgan fingerprint density at radius 1 is 1.39 bits per heavy atom. The lowest BCUT2D eigenvalue weighted by Gasteiger charge is -2.27. The number of nitrogens with zero attached hydrogens (tertiary/aromatic N) is 1. The number of carbonyl (C=O) groups is 1. The van der Waals surface area contributed by atoms with Crippen molar-refractivity contribution >= 4 is 21.8 Å². The first-order chi connectivity index (χ1) is 8.68. The van der Waals surface area contributed by atoms with Crippen molar-refractivity contribution in [3.63, 3.8) is 0 Å². The molecule has 1 heterocycles. The minimum absolute atomic E-state index is 0.114. The maximum Gasteiger partial charge on any atom is 0.253 e. The number of carbonyl (C=O) groups excluding carboxylic acids is 1. The van der Waals surface area contributed by atoms with Crippen LogP contribution in [-0.2, 0) is 0 Å². The van der Waals surface area contributed by atoms with E-state index in [1.807, 2.05) is 36.2 Å². The summed E-state index contributed by atoms with van der Waals surface area (Å²) >= 11 is 3.41. The van der Waals surface area contributed by atoms with Gasteiger partial charge >= 0.3 is 0 Å². The fourth-order valence-electron chi connectivity index (χ4n) is 2.38. The maximum atomic E-state index is 12.4. The van der Waals surface area contributed by atoms with Gasteiger partial charge in [0.15, 0.2) is 0 Å². The van der Waals surface area contributed by atoms with E-state index in [9.17, 15) is 4.79 Å². The lowest BCUT2D eigenvalue weighted by atomic mass is 10.1. The SMILES string of the molecule is CN(C(=O)c1cccc(Br)c1)C1CCCNCC1. The first-order valence-corrected chi connectivity index (χ1v) is 7.21. The quantitative estimate of drug-likeness (QED) is 0.911. The highest BCUT2D eigenvalue weighted by molar-refractivity contribution is 9.10. The van der Waals surface area contributed by atoms with Crippen molar-refractivity contribution in [1.29, 1.82) is 0 Å². The van der Waals surface area contributed by atoms with Gasteiger partial charge < -0.3 is 10.2 Å². The molecule has 1 atom stereocenters. The van der Waals surface area contributed by atoms with E-state index in [0.717, 1.165) is 42.4 Å². The van der Waals surface area contributed by atoms with Crippen LogP contribution in [0.1, 0.15) is 29.6 Å². The number of halogens is 1. The van der Waals surface area contributed by atoms with E-state index in [1.165, 1.54) is 0 Å². The Hall–Kier alpha value is -0.870. The molecule has 1 aliphatic heterocycles. The van der Waals surface area contributed by atoms with Crippen LogP contribution in [0.4, 0.5) is 0 Å². The molecular weight excluding hydrogens is 292 g/mol. The van der Waals surface area contributed by atoms with Crippen molar-refractivity contribution in [2.45, 2.75) is 25.3 Å². The molecule has 1 amide bonds. The van der Waals surface area contributed by atoms with Gasteiger partial charge in [0, 0.05) is 23.1 Å². The molecule has 1 unspecified atom stereocenters. The lowest BCUT2D eigenvalue weighted by Crippen LogP contribution is -2.37. The van der Waals surface area contributed by atoms with Crippen molar-refractivity contribution in [2.24, 2.45) is 0 Å². The van der Waals surface area contributed by atoms with Crippen LogP contribution >= 0.6 is 15.9 Å². The van der Waals surface area contributed by atoms with E-state index in [4.69, 9.17) is 0 Å². The van der Waals surface area contributed by atoms with Gasteiger partial charge in [-0.1, -0.05) is 22.0 Å². The first kappa shape index (κ1) is 13.6. The van der Waals surface area contributed by atoms with E-state index in [0.29, 0.717) is 6.04 Å². The minimum Gasteiger partial charge on any atom is -0.339 e. The predicted molar refractivity (Wildman–Crippen MR) is 76.7 cm³/mol. The number of rotatable bonds is 2. The van der Waals surface area contributed by atoms with Crippen LogP contribution in [-0.4, -0.2) is 37.0 Å². The molecule has 1 N–H and O–H groups in total. The lowest BCUT2D eigenvalue weighted by molar-refractivity contribution is 0.0720. The number of nitrogens with one attached hydrogen (secondary N) is 1. The maximum absolute atomic E-state index is 12.4. The molecular formula is C14H19BrN2O. The molecule has 1 fully saturated rings. The van der Waals surface area contributed by atoms with Gasteiger partial charge in [0.2, 0.25) is 0 Å². The van der Waals surface area contributed by atoms with Crippen molar-refractivity contribution in [2.75, 3.05) is 20.1 Å². The molecule has 0 aliphatic carbocycles. The van der Waals surface area contributed by atoms with Gasteiger partial charge in [-0.05, 0) is 50.6 Å². The smallest absolute Gasteiger partial charge is 0.253 e. The summed E-state index contributed by atoms with van der Waals surface area (Å²) in [4.78, 5) is 14.3. The van der Waals surface area contributed by atoms with E-state index in [-0.39, 0.29) is 5.91 Å². The summed E-state index contributed by atoms with van der Waals surface area (Å²) in [5.41, 5.74) is 0.754. The van der Waals surface area contributed by atoms with E-state index < -0.39 is 0 Å². The summed E-state index contributed by atoms with van der Waals surface area (Å²) in [5, 5.41) is 3.37. The van der Waals surface area contributed by atoms with E-state index in [2.05, 4.69) is 21.2 Å². The van der Waals surface area contributed by atoms with E-state index >= 15 is 0 Å². The fraction of sp³-hybridized carbons (Fsp3) is 0.500. The van der Waals surface area contributed by atoms with Crippen molar-refractivity contribution in [3.8, 4) is 0 Å². The molecule has 1 saturated heterocycles. The van der Waals surface area contributed by atoms with Crippen molar-refractivity contribution in [1.82, 2.24) is 10.2 Å². The van der Waals surface area contributed by atoms with Crippen molar-refractivity contribution < 1.29 is 4.79 Å². The Morgan fingerprint density at radius 3 is 3.00 bits per heavy atom. The standard InChI is InChI=1S/C14H19BrN2O/c1-17(13-6-3-8-16-9-7-13)14(18)11-4-2-5-12(15)10-11/h2,4-5,10,13,16H,3,6-9H2,1H3. The second kappa shape index (κ2) is 6.34. The first-order valence-electron chi connectivity index (χ1n) is 6.42. The minimum atomic E-state index is 0.114. The third-order valence-electron chi connectivity index (χ3n) is 3.48. The van der Waals surface area contributed by atoms with Gasteiger partial charge in [-0.3, -0.25) is 4.79 Å². The molecule has 3 nitrogen and oxygen atoms in total. The fourth-order valence-corrected chi connectivity index (χ4v) is 2.78. The largest absolute Gasteiger partial charge is 0.339 e. The molecule has 0 bridgehead atoms. The predicted octanol–water partition coefficient (Wildman–Crippen LogP) is 2.66. The molecule has 1 aliphatic rings. The number of benzene rings is 1. The summed E-state index contributed by atoms with van der Waals surface area (Å²) in [5.74, 6) is 0.114. The Balaban J connectivity index is 2.07. The molecule has 0 radical (unpaired) electrons. The zero-order valence-electron chi connectivity index (χ0n) is 10.7. The number of hydrogen-bond donors (Lipinski definition) is 1. The molecule has 0 aromatic heterocycles. The summed E-state index contributed by atoms with van der Waals surface area (Å²) in [6.45, 7) is 2.07. The monoisotopic (exact) mass is 310 g/mol. The zero-order valence-corrected chi connectivity index (χ0v) is 12.2. The highest BCUT2D eigenvalue weighted by Gasteiger charge is 2.21.